The van der Waals surface area contributed by atoms with Gasteiger partial charge in [0.05, 0.1) is 15.5 Å². The van der Waals surface area contributed by atoms with Crippen LogP contribution in [-0.2, 0) is 15.3 Å². The predicted molar refractivity (Wildman–Crippen MR) is 118 cm³/mol. The van der Waals surface area contributed by atoms with Crippen LogP contribution in [0.4, 0.5) is 0 Å². The molecule has 0 aliphatic carbocycles. The minimum absolute atomic E-state index is 0.0743. The van der Waals surface area contributed by atoms with Gasteiger partial charge in [0.1, 0.15) is 5.41 Å². The summed E-state index contributed by atoms with van der Waals surface area (Å²) in [5, 5.41) is 36.1. The second-order valence-electron chi connectivity index (χ2n) is 8.23. The molecule has 31 heavy (non-hydrogen) atoms. The SMILES string of the molecule is CCC1(C(=O)O)C(C)NC(O)(c2ccccc2)C(C)(C(=O)O)C1c1cccc(Cl)c1Cl. The lowest BCUT2D eigenvalue weighted by molar-refractivity contribution is -0.217. The highest BCUT2D eigenvalue weighted by Crippen LogP contribution is 2.62. The normalized spacial score (nSPS) is 33.1. The van der Waals surface area contributed by atoms with Crippen molar-refractivity contribution in [2.24, 2.45) is 10.8 Å². The van der Waals surface area contributed by atoms with Gasteiger partial charge in [-0.1, -0.05) is 72.6 Å². The molecular formula is C23H25Cl2NO5. The van der Waals surface area contributed by atoms with Crippen molar-refractivity contribution in [3.63, 3.8) is 0 Å². The van der Waals surface area contributed by atoms with E-state index in [9.17, 15) is 24.9 Å². The number of piperidine rings is 1. The third-order valence-corrected chi connectivity index (χ3v) is 7.79. The van der Waals surface area contributed by atoms with E-state index in [2.05, 4.69) is 5.32 Å². The van der Waals surface area contributed by atoms with E-state index >= 15 is 0 Å². The van der Waals surface area contributed by atoms with Gasteiger partial charge in [-0.2, -0.15) is 0 Å². The Balaban J connectivity index is 2.47. The highest BCUT2D eigenvalue weighted by atomic mass is 35.5. The lowest BCUT2D eigenvalue weighted by atomic mass is 9.49. The smallest absolute Gasteiger partial charge is 0.314 e. The molecule has 4 N–H and O–H groups in total. The molecule has 0 saturated carbocycles. The van der Waals surface area contributed by atoms with E-state index in [1.54, 1.807) is 62.4 Å². The Morgan fingerprint density at radius 1 is 1.03 bits per heavy atom. The molecule has 1 saturated heterocycles. The summed E-state index contributed by atoms with van der Waals surface area (Å²) in [5.74, 6) is -3.76. The summed E-state index contributed by atoms with van der Waals surface area (Å²) in [5.41, 5.74) is -5.13. The molecule has 0 aromatic heterocycles. The van der Waals surface area contributed by atoms with Crippen LogP contribution >= 0.6 is 23.2 Å². The average Bonchev–Trinajstić information content (AvgIpc) is 2.73. The van der Waals surface area contributed by atoms with E-state index in [0.717, 1.165) is 0 Å². The molecule has 0 spiro atoms. The number of aliphatic hydroxyl groups is 1. The molecule has 1 aliphatic rings. The predicted octanol–water partition coefficient (Wildman–Crippen LogP) is 4.49. The summed E-state index contributed by atoms with van der Waals surface area (Å²) >= 11 is 12.8. The zero-order valence-corrected chi connectivity index (χ0v) is 18.9. The van der Waals surface area contributed by atoms with Crippen molar-refractivity contribution in [1.82, 2.24) is 5.32 Å². The summed E-state index contributed by atoms with van der Waals surface area (Å²) in [6, 6.07) is 12.2. The van der Waals surface area contributed by atoms with Crippen LogP contribution in [0.3, 0.4) is 0 Å². The molecule has 2 aromatic rings. The number of carbonyl (C=O) groups is 2. The van der Waals surface area contributed by atoms with Gasteiger partial charge in [-0.15, -0.1) is 0 Å². The number of carboxylic acid groups (broad SMARTS) is 2. The third-order valence-electron chi connectivity index (χ3n) is 6.95. The van der Waals surface area contributed by atoms with Crippen LogP contribution in [0.5, 0.6) is 0 Å². The Morgan fingerprint density at radius 3 is 2.16 bits per heavy atom. The Kier molecular flexibility index (Phi) is 6.15. The van der Waals surface area contributed by atoms with E-state index < -0.39 is 40.5 Å². The van der Waals surface area contributed by atoms with Crippen molar-refractivity contribution in [1.29, 1.82) is 0 Å². The number of hydrogen-bond acceptors (Lipinski definition) is 4. The standard InChI is InChI=1S/C23H25Cl2NO5/c1-4-22(20(29)30)13(2)26-23(31,14-9-6-5-7-10-14)21(3,19(27)28)18(22)15-11-8-12-16(24)17(15)25/h5-13,18,26,31H,4H2,1-3H3,(H,27,28)(H,29,30). The van der Waals surface area contributed by atoms with Crippen molar-refractivity contribution in [3.05, 3.63) is 69.7 Å². The van der Waals surface area contributed by atoms with Gasteiger partial charge >= 0.3 is 11.9 Å². The van der Waals surface area contributed by atoms with Gasteiger partial charge in [-0.25, -0.2) is 0 Å². The second-order valence-corrected chi connectivity index (χ2v) is 9.01. The van der Waals surface area contributed by atoms with Crippen molar-refractivity contribution >= 4 is 35.1 Å². The van der Waals surface area contributed by atoms with Gasteiger partial charge in [0, 0.05) is 12.0 Å². The summed E-state index contributed by atoms with van der Waals surface area (Å²) in [6.07, 6.45) is 0.0950. The van der Waals surface area contributed by atoms with E-state index in [1.807, 2.05) is 0 Å². The number of rotatable bonds is 5. The molecule has 0 amide bonds. The summed E-state index contributed by atoms with van der Waals surface area (Å²) in [6.45, 7) is 4.68. The fourth-order valence-corrected chi connectivity index (χ4v) is 5.63. The summed E-state index contributed by atoms with van der Waals surface area (Å²) < 4.78 is 0. The molecule has 1 aliphatic heterocycles. The zero-order valence-electron chi connectivity index (χ0n) is 17.4. The average molecular weight is 466 g/mol. The second kappa shape index (κ2) is 8.10. The molecular weight excluding hydrogens is 441 g/mol. The lowest BCUT2D eigenvalue weighted by Gasteiger charge is -2.60. The van der Waals surface area contributed by atoms with E-state index in [-0.39, 0.29) is 22.0 Å². The Bertz CT molecular complexity index is 1020. The maximum Gasteiger partial charge on any atom is 0.314 e. The topological polar surface area (TPSA) is 107 Å². The van der Waals surface area contributed by atoms with Gasteiger partial charge in [0.25, 0.3) is 0 Å². The first-order valence-corrected chi connectivity index (χ1v) is 10.7. The summed E-state index contributed by atoms with van der Waals surface area (Å²) in [4.78, 5) is 25.7. The quantitative estimate of drug-likeness (QED) is 0.518. The molecule has 0 radical (unpaired) electrons. The summed E-state index contributed by atoms with van der Waals surface area (Å²) in [7, 11) is 0. The molecule has 8 heteroatoms. The first-order valence-electron chi connectivity index (χ1n) is 9.94. The maximum absolute atomic E-state index is 12.9. The fourth-order valence-electron chi connectivity index (χ4n) is 5.21. The fraction of sp³-hybridized carbons (Fsp3) is 0.391. The Hall–Kier alpha value is -2.12. The molecule has 166 valence electrons. The number of benzene rings is 2. The number of nitrogens with one attached hydrogen (secondary N) is 1. The van der Waals surface area contributed by atoms with E-state index in [0.29, 0.717) is 5.56 Å². The highest BCUT2D eigenvalue weighted by molar-refractivity contribution is 6.42. The van der Waals surface area contributed by atoms with Crippen LogP contribution in [0.2, 0.25) is 10.0 Å². The zero-order chi connectivity index (χ0) is 23.2. The Labute approximate surface area is 190 Å². The van der Waals surface area contributed by atoms with Crippen LogP contribution in [0, 0.1) is 10.8 Å². The van der Waals surface area contributed by atoms with Gasteiger partial charge in [0.2, 0.25) is 0 Å². The van der Waals surface area contributed by atoms with Crippen LogP contribution in [0.15, 0.2) is 48.5 Å². The van der Waals surface area contributed by atoms with E-state index in [1.165, 1.54) is 6.92 Å². The molecule has 5 atom stereocenters. The molecule has 2 aromatic carbocycles. The third kappa shape index (κ3) is 3.16. The first-order chi connectivity index (χ1) is 14.5. The van der Waals surface area contributed by atoms with Gasteiger partial charge in [0.15, 0.2) is 5.72 Å². The molecule has 1 fully saturated rings. The van der Waals surface area contributed by atoms with Crippen molar-refractivity contribution in [2.45, 2.75) is 44.9 Å². The molecule has 0 bridgehead atoms. The van der Waals surface area contributed by atoms with Crippen LogP contribution < -0.4 is 5.32 Å². The van der Waals surface area contributed by atoms with Crippen LogP contribution in [0.25, 0.3) is 0 Å². The van der Waals surface area contributed by atoms with Crippen LogP contribution in [0.1, 0.15) is 44.2 Å². The van der Waals surface area contributed by atoms with E-state index in [4.69, 9.17) is 23.2 Å². The first kappa shape index (κ1) is 23.5. The highest BCUT2D eigenvalue weighted by Gasteiger charge is 2.71. The van der Waals surface area contributed by atoms with Crippen molar-refractivity contribution in [2.75, 3.05) is 0 Å². The minimum Gasteiger partial charge on any atom is -0.481 e. The maximum atomic E-state index is 12.9. The van der Waals surface area contributed by atoms with Crippen molar-refractivity contribution in [3.8, 4) is 0 Å². The molecule has 3 rings (SSSR count). The largest absolute Gasteiger partial charge is 0.481 e. The number of carboxylic acids is 2. The van der Waals surface area contributed by atoms with Crippen molar-refractivity contribution < 1.29 is 24.9 Å². The van der Waals surface area contributed by atoms with Crippen LogP contribution in [-0.4, -0.2) is 33.3 Å². The molecule has 5 unspecified atom stereocenters. The number of halogens is 2. The van der Waals surface area contributed by atoms with Gasteiger partial charge in [-0.05, 0) is 37.5 Å². The minimum atomic E-state index is -2.09. The molecule has 6 nitrogen and oxygen atoms in total. The monoisotopic (exact) mass is 465 g/mol. The van der Waals surface area contributed by atoms with Gasteiger partial charge in [-0.3, -0.25) is 14.9 Å². The van der Waals surface area contributed by atoms with Gasteiger partial charge < -0.3 is 15.3 Å². The number of aliphatic carboxylic acids is 2. The lowest BCUT2D eigenvalue weighted by Crippen LogP contribution is -2.74. The number of hydrogen-bond donors (Lipinski definition) is 4. The molecule has 1 heterocycles. The Morgan fingerprint density at radius 2 is 1.65 bits per heavy atom.